The highest BCUT2D eigenvalue weighted by atomic mass is 19.1. The SMILES string of the molecule is Cc1nc2nc(N3CCOCC3)cc(-c3ccc(F)cc3F)c2nc1C.Cn1cccn1. The number of fused-ring (bicyclic) bond motifs is 1. The van der Waals surface area contributed by atoms with Crippen LogP contribution >= 0.6 is 0 Å². The second-order valence-corrected chi connectivity index (χ2v) is 7.50. The zero-order valence-corrected chi connectivity index (χ0v) is 18.2. The maximum atomic E-state index is 14.5. The van der Waals surface area contributed by atoms with Gasteiger partial charge in [0, 0.05) is 49.7 Å². The van der Waals surface area contributed by atoms with Gasteiger partial charge < -0.3 is 9.64 Å². The molecule has 0 aliphatic carbocycles. The van der Waals surface area contributed by atoms with Gasteiger partial charge in [-0.15, -0.1) is 0 Å². The van der Waals surface area contributed by atoms with Crippen LogP contribution in [0.3, 0.4) is 0 Å². The van der Waals surface area contributed by atoms with Crippen LogP contribution in [-0.2, 0) is 11.8 Å². The summed E-state index contributed by atoms with van der Waals surface area (Å²) < 4.78 is 35.0. The number of aryl methyl sites for hydroxylation is 3. The first-order valence-corrected chi connectivity index (χ1v) is 10.3. The van der Waals surface area contributed by atoms with Crippen LogP contribution in [0.25, 0.3) is 22.3 Å². The number of aromatic nitrogens is 5. The minimum atomic E-state index is -0.634. The number of benzene rings is 1. The maximum Gasteiger partial charge on any atom is 0.181 e. The molecule has 3 aromatic heterocycles. The van der Waals surface area contributed by atoms with Crippen LogP contribution in [0.1, 0.15) is 11.4 Å². The van der Waals surface area contributed by atoms with Crippen molar-refractivity contribution in [2.45, 2.75) is 13.8 Å². The number of morpholine rings is 1. The van der Waals surface area contributed by atoms with E-state index in [1.54, 1.807) is 16.9 Å². The Balaban J connectivity index is 0.000000354. The van der Waals surface area contributed by atoms with Crippen molar-refractivity contribution >= 4 is 17.0 Å². The zero-order chi connectivity index (χ0) is 22.7. The monoisotopic (exact) mass is 438 g/mol. The average Bonchev–Trinajstić information content (AvgIpc) is 3.26. The Morgan fingerprint density at radius 2 is 1.69 bits per heavy atom. The van der Waals surface area contributed by atoms with Crippen molar-refractivity contribution < 1.29 is 13.5 Å². The molecule has 1 aromatic carbocycles. The highest BCUT2D eigenvalue weighted by molar-refractivity contribution is 5.91. The van der Waals surface area contributed by atoms with Gasteiger partial charge in [0.25, 0.3) is 0 Å². The Kier molecular flexibility index (Phi) is 6.36. The summed E-state index contributed by atoms with van der Waals surface area (Å²) in [5.74, 6) is -0.557. The quantitative estimate of drug-likeness (QED) is 0.474. The lowest BCUT2D eigenvalue weighted by Crippen LogP contribution is -2.36. The van der Waals surface area contributed by atoms with E-state index in [0.29, 0.717) is 48.8 Å². The van der Waals surface area contributed by atoms with Gasteiger partial charge in [-0.1, -0.05) is 0 Å². The molecule has 0 N–H and O–H groups in total. The summed E-state index contributed by atoms with van der Waals surface area (Å²) in [6.07, 6.45) is 3.64. The lowest BCUT2D eigenvalue weighted by Gasteiger charge is -2.28. The summed E-state index contributed by atoms with van der Waals surface area (Å²) in [5.41, 5.74) is 3.33. The van der Waals surface area contributed by atoms with Crippen molar-refractivity contribution in [1.29, 1.82) is 0 Å². The number of anilines is 1. The minimum Gasteiger partial charge on any atom is -0.378 e. The van der Waals surface area contributed by atoms with E-state index in [1.165, 1.54) is 12.1 Å². The standard InChI is InChI=1S/C19H18F2N4O.C4H6N2/c1-11-12(2)23-19-18(22-11)15(14-4-3-13(20)9-16(14)21)10-17(24-19)25-5-7-26-8-6-25;1-6-4-2-3-5-6/h3-4,9-10H,5-8H2,1-2H3;2-4H,1H3. The van der Waals surface area contributed by atoms with Crippen LogP contribution in [0.15, 0.2) is 42.7 Å². The minimum absolute atomic E-state index is 0.283. The van der Waals surface area contributed by atoms with Crippen LogP contribution in [0, 0.1) is 25.5 Å². The normalized spacial score (nSPS) is 13.7. The Bertz CT molecular complexity index is 1220. The van der Waals surface area contributed by atoms with Crippen molar-refractivity contribution in [3.63, 3.8) is 0 Å². The van der Waals surface area contributed by atoms with Gasteiger partial charge in [-0.2, -0.15) is 5.10 Å². The molecule has 166 valence electrons. The third-order valence-electron chi connectivity index (χ3n) is 5.23. The predicted octanol–water partition coefficient (Wildman–Crippen LogP) is 3.84. The molecule has 32 heavy (non-hydrogen) atoms. The summed E-state index contributed by atoms with van der Waals surface area (Å²) in [5, 5.41) is 3.83. The lowest BCUT2D eigenvalue weighted by molar-refractivity contribution is 0.122. The summed E-state index contributed by atoms with van der Waals surface area (Å²) in [7, 11) is 1.89. The number of hydrogen-bond acceptors (Lipinski definition) is 6. The molecule has 0 amide bonds. The molecule has 1 saturated heterocycles. The number of hydrogen-bond donors (Lipinski definition) is 0. The van der Waals surface area contributed by atoms with Gasteiger partial charge in [0.2, 0.25) is 0 Å². The lowest BCUT2D eigenvalue weighted by atomic mass is 10.0. The molecule has 1 aliphatic rings. The molecule has 9 heteroatoms. The van der Waals surface area contributed by atoms with E-state index in [9.17, 15) is 8.78 Å². The average molecular weight is 438 g/mol. The third-order valence-corrected chi connectivity index (χ3v) is 5.23. The Labute approximate surface area is 184 Å². The van der Waals surface area contributed by atoms with Gasteiger partial charge >= 0.3 is 0 Å². The Morgan fingerprint density at radius 1 is 0.938 bits per heavy atom. The molecule has 4 heterocycles. The van der Waals surface area contributed by atoms with E-state index >= 15 is 0 Å². The molecule has 5 rings (SSSR count). The van der Waals surface area contributed by atoms with Crippen LogP contribution < -0.4 is 4.90 Å². The molecular weight excluding hydrogens is 414 g/mol. The van der Waals surface area contributed by atoms with E-state index in [1.807, 2.05) is 33.2 Å². The summed E-state index contributed by atoms with van der Waals surface area (Å²) in [6, 6.07) is 7.24. The highest BCUT2D eigenvalue weighted by Crippen LogP contribution is 2.32. The first kappa shape index (κ1) is 21.8. The van der Waals surface area contributed by atoms with Gasteiger partial charge in [-0.3, -0.25) is 4.68 Å². The second kappa shape index (κ2) is 9.35. The predicted molar refractivity (Wildman–Crippen MR) is 118 cm³/mol. The van der Waals surface area contributed by atoms with Crippen molar-refractivity contribution in [3.05, 3.63) is 65.7 Å². The van der Waals surface area contributed by atoms with Crippen molar-refractivity contribution in [1.82, 2.24) is 24.7 Å². The fourth-order valence-corrected chi connectivity index (χ4v) is 3.40. The maximum absolute atomic E-state index is 14.5. The third kappa shape index (κ3) is 4.72. The van der Waals surface area contributed by atoms with Gasteiger partial charge in [0.1, 0.15) is 23.0 Å². The van der Waals surface area contributed by atoms with Crippen molar-refractivity contribution in [2.75, 3.05) is 31.2 Å². The molecule has 0 atom stereocenters. The topological polar surface area (TPSA) is 69.0 Å². The Morgan fingerprint density at radius 3 is 2.31 bits per heavy atom. The largest absolute Gasteiger partial charge is 0.378 e. The second-order valence-electron chi connectivity index (χ2n) is 7.50. The number of halogens is 2. The van der Waals surface area contributed by atoms with E-state index < -0.39 is 11.6 Å². The molecule has 4 aromatic rings. The van der Waals surface area contributed by atoms with E-state index in [0.717, 1.165) is 17.5 Å². The molecule has 1 fully saturated rings. The van der Waals surface area contributed by atoms with Crippen molar-refractivity contribution in [2.24, 2.45) is 7.05 Å². The summed E-state index contributed by atoms with van der Waals surface area (Å²) in [4.78, 5) is 15.8. The van der Waals surface area contributed by atoms with E-state index in [-0.39, 0.29) is 5.56 Å². The molecule has 0 spiro atoms. The van der Waals surface area contributed by atoms with Gasteiger partial charge in [-0.25, -0.2) is 23.7 Å². The number of nitrogens with zero attached hydrogens (tertiary/aromatic N) is 6. The van der Waals surface area contributed by atoms with Crippen LogP contribution in [0.4, 0.5) is 14.6 Å². The number of pyridine rings is 1. The van der Waals surface area contributed by atoms with Crippen LogP contribution in [-0.4, -0.2) is 51.0 Å². The molecule has 7 nitrogen and oxygen atoms in total. The van der Waals surface area contributed by atoms with Crippen molar-refractivity contribution in [3.8, 4) is 11.1 Å². The number of rotatable bonds is 2. The van der Waals surface area contributed by atoms with Gasteiger partial charge in [0.15, 0.2) is 5.65 Å². The Hall–Kier alpha value is -3.46. The highest BCUT2D eigenvalue weighted by Gasteiger charge is 2.19. The molecule has 1 aliphatic heterocycles. The van der Waals surface area contributed by atoms with Gasteiger partial charge in [0.05, 0.1) is 24.6 Å². The molecular formula is C23H24F2N6O. The summed E-state index contributed by atoms with van der Waals surface area (Å²) >= 11 is 0. The molecule has 0 bridgehead atoms. The fraction of sp³-hybridized carbons (Fsp3) is 0.304. The smallest absolute Gasteiger partial charge is 0.181 e. The van der Waals surface area contributed by atoms with Crippen LogP contribution in [0.5, 0.6) is 0 Å². The molecule has 0 radical (unpaired) electrons. The fourth-order valence-electron chi connectivity index (χ4n) is 3.40. The first-order valence-electron chi connectivity index (χ1n) is 10.3. The molecule has 0 saturated carbocycles. The number of ether oxygens (including phenoxy) is 1. The van der Waals surface area contributed by atoms with E-state index in [4.69, 9.17) is 4.74 Å². The molecule has 0 unspecified atom stereocenters. The van der Waals surface area contributed by atoms with Crippen LogP contribution in [0.2, 0.25) is 0 Å². The van der Waals surface area contributed by atoms with Gasteiger partial charge in [-0.05, 0) is 38.1 Å². The van der Waals surface area contributed by atoms with E-state index in [2.05, 4.69) is 25.0 Å². The zero-order valence-electron chi connectivity index (χ0n) is 18.2. The summed E-state index contributed by atoms with van der Waals surface area (Å²) in [6.45, 7) is 6.33. The first-order chi connectivity index (χ1) is 15.4.